The van der Waals surface area contributed by atoms with E-state index >= 15 is 0 Å². The number of amides is 1. The number of nitrogens with one attached hydrogen (secondary N) is 1. The Balaban J connectivity index is 1.91. The van der Waals surface area contributed by atoms with Gasteiger partial charge >= 0.3 is 0 Å². The van der Waals surface area contributed by atoms with Gasteiger partial charge in [0.25, 0.3) is 0 Å². The van der Waals surface area contributed by atoms with Crippen molar-refractivity contribution in [1.29, 1.82) is 0 Å². The summed E-state index contributed by atoms with van der Waals surface area (Å²) >= 11 is 5.40. The Kier molecular flexibility index (Phi) is 4.30. The van der Waals surface area contributed by atoms with Crippen LogP contribution in [-0.4, -0.2) is 26.6 Å². The lowest BCUT2D eigenvalue weighted by molar-refractivity contribution is -0.118. The number of hydrogen-bond donors (Lipinski definition) is 1. The van der Waals surface area contributed by atoms with E-state index in [0.717, 1.165) is 11.1 Å². The molecule has 0 spiro atoms. The molecule has 0 aliphatic carbocycles. The molecule has 5 nitrogen and oxygen atoms in total. The minimum absolute atomic E-state index is 0.00954. The maximum atomic E-state index is 11.0. The summed E-state index contributed by atoms with van der Waals surface area (Å²) in [7, 11) is 0. The average Bonchev–Trinajstić information content (AvgIpc) is 2.90. The summed E-state index contributed by atoms with van der Waals surface area (Å²) in [5, 5.41) is 6.75. The predicted molar refractivity (Wildman–Crippen MR) is 68.1 cm³/mol. The summed E-state index contributed by atoms with van der Waals surface area (Å²) in [6.45, 7) is 1.18. The Morgan fingerprint density at radius 3 is 2.61 bits per heavy atom. The molecular formula is C12H13ClN4O. The molecule has 0 aliphatic rings. The highest BCUT2D eigenvalue weighted by atomic mass is 35.5. The fourth-order valence-corrected chi connectivity index (χ4v) is 1.61. The molecule has 2 aromatic rings. The first-order chi connectivity index (χ1) is 8.78. The standard InChI is InChI=1S/C12H13ClN4O/c13-5-12(18)15-6-10-1-3-11(4-2-10)7-17-9-14-8-16-17/h1-4,8-9H,5-7H2,(H,15,18). The molecule has 18 heavy (non-hydrogen) atoms. The summed E-state index contributed by atoms with van der Waals surface area (Å²) in [6.07, 6.45) is 3.19. The van der Waals surface area contributed by atoms with Crippen LogP contribution in [0.1, 0.15) is 11.1 Å². The van der Waals surface area contributed by atoms with Crippen molar-refractivity contribution in [2.45, 2.75) is 13.1 Å². The third-order valence-corrected chi connectivity index (χ3v) is 2.69. The van der Waals surface area contributed by atoms with Crippen molar-refractivity contribution in [1.82, 2.24) is 20.1 Å². The zero-order valence-corrected chi connectivity index (χ0v) is 10.5. The maximum absolute atomic E-state index is 11.0. The molecule has 94 valence electrons. The van der Waals surface area contributed by atoms with Crippen molar-refractivity contribution in [3.05, 3.63) is 48.0 Å². The van der Waals surface area contributed by atoms with E-state index in [2.05, 4.69) is 15.4 Å². The number of alkyl halides is 1. The monoisotopic (exact) mass is 264 g/mol. The van der Waals surface area contributed by atoms with E-state index in [0.29, 0.717) is 13.1 Å². The van der Waals surface area contributed by atoms with Gasteiger partial charge in [-0.25, -0.2) is 9.67 Å². The Morgan fingerprint density at radius 1 is 1.28 bits per heavy atom. The zero-order chi connectivity index (χ0) is 12.8. The fraction of sp³-hybridized carbons (Fsp3) is 0.250. The zero-order valence-electron chi connectivity index (χ0n) is 9.71. The average molecular weight is 265 g/mol. The molecule has 1 aromatic heterocycles. The largest absolute Gasteiger partial charge is 0.351 e. The predicted octanol–water partition coefficient (Wildman–Crippen LogP) is 1.18. The number of carbonyl (C=O) groups is 1. The highest BCUT2D eigenvalue weighted by Crippen LogP contribution is 2.05. The topological polar surface area (TPSA) is 59.8 Å². The first-order valence-corrected chi connectivity index (χ1v) is 6.04. The summed E-state index contributed by atoms with van der Waals surface area (Å²) in [6, 6.07) is 7.95. The molecule has 1 amide bonds. The Bertz CT molecular complexity index is 495. The second kappa shape index (κ2) is 6.16. The van der Waals surface area contributed by atoms with Crippen molar-refractivity contribution in [3.63, 3.8) is 0 Å². The molecule has 1 N–H and O–H groups in total. The molecule has 0 saturated heterocycles. The number of aromatic nitrogens is 3. The number of carbonyl (C=O) groups excluding carboxylic acids is 1. The van der Waals surface area contributed by atoms with Gasteiger partial charge in [-0.05, 0) is 11.1 Å². The first-order valence-electron chi connectivity index (χ1n) is 5.51. The molecule has 0 radical (unpaired) electrons. The number of hydrogen-bond acceptors (Lipinski definition) is 3. The van der Waals surface area contributed by atoms with E-state index in [9.17, 15) is 4.79 Å². The van der Waals surface area contributed by atoms with Crippen LogP contribution in [0.5, 0.6) is 0 Å². The van der Waals surface area contributed by atoms with Crippen LogP contribution in [0.25, 0.3) is 0 Å². The van der Waals surface area contributed by atoms with Crippen LogP contribution in [0.2, 0.25) is 0 Å². The van der Waals surface area contributed by atoms with Crippen LogP contribution in [0.3, 0.4) is 0 Å². The Morgan fingerprint density at radius 2 is 2.00 bits per heavy atom. The minimum Gasteiger partial charge on any atom is -0.351 e. The Labute approximate surface area is 110 Å². The van der Waals surface area contributed by atoms with Crippen molar-refractivity contribution in [3.8, 4) is 0 Å². The summed E-state index contributed by atoms with van der Waals surface area (Å²) in [4.78, 5) is 14.9. The summed E-state index contributed by atoms with van der Waals surface area (Å²) in [5.41, 5.74) is 2.17. The third-order valence-electron chi connectivity index (χ3n) is 2.45. The van der Waals surface area contributed by atoms with Gasteiger partial charge in [-0.15, -0.1) is 11.6 Å². The maximum Gasteiger partial charge on any atom is 0.235 e. The van der Waals surface area contributed by atoms with E-state index < -0.39 is 0 Å². The normalized spacial score (nSPS) is 10.3. The van der Waals surface area contributed by atoms with Gasteiger partial charge in [0, 0.05) is 6.54 Å². The van der Waals surface area contributed by atoms with Gasteiger partial charge in [-0.1, -0.05) is 24.3 Å². The highest BCUT2D eigenvalue weighted by Gasteiger charge is 1.99. The smallest absolute Gasteiger partial charge is 0.235 e. The fourth-order valence-electron chi connectivity index (χ4n) is 1.51. The van der Waals surface area contributed by atoms with Gasteiger partial charge in [0.15, 0.2) is 0 Å². The van der Waals surface area contributed by atoms with Gasteiger partial charge < -0.3 is 5.32 Å². The van der Waals surface area contributed by atoms with Crippen molar-refractivity contribution < 1.29 is 4.79 Å². The van der Waals surface area contributed by atoms with Crippen LogP contribution >= 0.6 is 11.6 Å². The third kappa shape index (κ3) is 3.56. The first kappa shape index (κ1) is 12.6. The Hall–Kier alpha value is -1.88. The second-order valence-corrected chi connectivity index (χ2v) is 4.09. The van der Waals surface area contributed by atoms with E-state index in [1.807, 2.05) is 24.3 Å². The van der Waals surface area contributed by atoms with Crippen molar-refractivity contribution >= 4 is 17.5 Å². The van der Waals surface area contributed by atoms with Gasteiger partial charge in [-0.2, -0.15) is 5.10 Å². The molecule has 0 aliphatic heterocycles. The lowest BCUT2D eigenvalue weighted by Gasteiger charge is -2.05. The lowest BCUT2D eigenvalue weighted by atomic mass is 10.1. The highest BCUT2D eigenvalue weighted by molar-refractivity contribution is 6.27. The minimum atomic E-state index is -0.164. The summed E-state index contributed by atoms with van der Waals surface area (Å²) in [5.74, 6) is -0.173. The van der Waals surface area contributed by atoms with Gasteiger partial charge in [0.05, 0.1) is 6.54 Å². The lowest BCUT2D eigenvalue weighted by Crippen LogP contribution is -2.23. The molecule has 0 unspecified atom stereocenters. The van der Waals surface area contributed by atoms with Crippen molar-refractivity contribution in [2.24, 2.45) is 0 Å². The molecule has 1 aromatic carbocycles. The van der Waals surface area contributed by atoms with Crippen molar-refractivity contribution in [2.75, 3.05) is 5.88 Å². The van der Waals surface area contributed by atoms with Gasteiger partial charge in [0.2, 0.25) is 5.91 Å². The number of rotatable bonds is 5. The molecule has 2 rings (SSSR count). The quantitative estimate of drug-likeness (QED) is 0.825. The molecule has 6 heteroatoms. The molecule has 1 heterocycles. The van der Waals surface area contributed by atoms with E-state index in [1.165, 1.54) is 6.33 Å². The number of benzene rings is 1. The van der Waals surface area contributed by atoms with Crippen LogP contribution < -0.4 is 5.32 Å². The van der Waals surface area contributed by atoms with Crippen LogP contribution in [0.4, 0.5) is 0 Å². The molecule has 0 fully saturated rings. The van der Waals surface area contributed by atoms with E-state index in [-0.39, 0.29) is 11.8 Å². The molecule has 0 bridgehead atoms. The van der Waals surface area contributed by atoms with Gasteiger partial charge in [-0.3, -0.25) is 4.79 Å². The van der Waals surface area contributed by atoms with Crippen LogP contribution in [0, 0.1) is 0 Å². The molecule has 0 atom stereocenters. The second-order valence-electron chi connectivity index (χ2n) is 3.82. The van der Waals surface area contributed by atoms with E-state index in [4.69, 9.17) is 11.6 Å². The molecule has 0 saturated carbocycles. The van der Waals surface area contributed by atoms with Crippen LogP contribution in [0.15, 0.2) is 36.9 Å². The number of nitrogens with zero attached hydrogens (tertiary/aromatic N) is 3. The van der Waals surface area contributed by atoms with Crippen LogP contribution in [-0.2, 0) is 17.9 Å². The van der Waals surface area contributed by atoms with Gasteiger partial charge in [0.1, 0.15) is 18.5 Å². The number of halogens is 1. The van der Waals surface area contributed by atoms with E-state index in [1.54, 1.807) is 11.0 Å². The summed E-state index contributed by atoms with van der Waals surface area (Å²) < 4.78 is 1.75. The molecular weight excluding hydrogens is 252 g/mol. The SMILES string of the molecule is O=C(CCl)NCc1ccc(Cn2cncn2)cc1.